The van der Waals surface area contributed by atoms with Crippen LogP contribution in [0.2, 0.25) is 0 Å². The van der Waals surface area contributed by atoms with Gasteiger partial charge in [0.1, 0.15) is 11.5 Å². The molecule has 0 radical (unpaired) electrons. The van der Waals surface area contributed by atoms with Gasteiger partial charge in [0.25, 0.3) is 5.91 Å². The van der Waals surface area contributed by atoms with Crippen LogP contribution in [-0.2, 0) is 4.79 Å². The molecule has 0 aliphatic heterocycles. The summed E-state index contributed by atoms with van der Waals surface area (Å²) in [6.07, 6.45) is -0.578. The molecule has 128 valence electrons. The highest BCUT2D eigenvalue weighted by atomic mass is 16.5. The average molecular weight is 327 g/mol. The summed E-state index contributed by atoms with van der Waals surface area (Å²) >= 11 is 0. The summed E-state index contributed by atoms with van der Waals surface area (Å²) in [5, 5.41) is 3.02. The highest BCUT2D eigenvalue weighted by Crippen LogP contribution is 2.20. The predicted octanol–water partition coefficient (Wildman–Crippen LogP) is 3.96. The summed E-state index contributed by atoms with van der Waals surface area (Å²) < 4.78 is 10.8. The molecule has 0 saturated carbocycles. The van der Waals surface area contributed by atoms with Crippen LogP contribution < -0.4 is 14.8 Å². The van der Waals surface area contributed by atoms with Gasteiger partial charge in [-0.15, -0.1) is 0 Å². The van der Waals surface area contributed by atoms with E-state index in [9.17, 15) is 4.79 Å². The minimum absolute atomic E-state index is 0.0701. The van der Waals surface area contributed by atoms with E-state index in [1.54, 1.807) is 38.3 Å². The van der Waals surface area contributed by atoms with Gasteiger partial charge >= 0.3 is 0 Å². The third-order valence-electron chi connectivity index (χ3n) is 4.00. The van der Waals surface area contributed by atoms with Crippen molar-refractivity contribution in [2.75, 3.05) is 7.11 Å². The van der Waals surface area contributed by atoms with Crippen LogP contribution in [0.15, 0.2) is 42.5 Å². The Morgan fingerprint density at radius 1 is 1.00 bits per heavy atom. The number of carbonyl (C=O) groups excluding carboxylic acids is 1. The molecule has 0 aliphatic carbocycles. The Kier molecular flexibility index (Phi) is 5.85. The zero-order valence-corrected chi connectivity index (χ0v) is 14.9. The Morgan fingerprint density at radius 2 is 1.62 bits per heavy atom. The molecule has 0 unspecified atom stereocenters. The lowest BCUT2D eigenvalue weighted by Crippen LogP contribution is -2.38. The Labute approximate surface area is 143 Å². The van der Waals surface area contributed by atoms with Gasteiger partial charge in [0, 0.05) is 0 Å². The average Bonchev–Trinajstić information content (AvgIpc) is 2.57. The fraction of sp³-hybridized carbons (Fsp3) is 0.350. The highest BCUT2D eigenvalue weighted by Gasteiger charge is 2.18. The minimum Gasteiger partial charge on any atom is -0.497 e. The first-order valence-corrected chi connectivity index (χ1v) is 8.09. The standard InChI is InChI=1S/C20H25NO3/c1-13-6-7-14(2)19(12-13)15(3)21-20(22)16(4)24-18-10-8-17(23-5)9-11-18/h6-12,15-16H,1-5H3,(H,21,22)/t15-,16-/m1/s1. The maximum Gasteiger partial charge on any atom is 0.261 e. The van der Waals surface area contributed by atoms with Crippen LogP contribution in [-0.4, -0.2) is 19.1 Å². The molecule has 4 heteroatoms. The van der Waals surface area contributed by atoms with Crippen LogP contribution in [0.4, 0.5) is 0 Å². The molecule has 2 aromatic carbocycles. The number of methoxy groups -OCH3 is 1. The molecule has 0 saturated heterocycles. The number of rotatable bonds is 6. The third-order valence-corrected chi connectivity index (χ3v) is 4.00. The van der Waals surface area contributed by atoms with E-state index in [1.807, 2.05) is 13.8 Å². The Hall–Kier alpha value is -2.49. The van der Waals surface area contributed by atoms with E-state index in [1.165, 1.54) is 5.56 Å². The summed E-state index contributed by atoms with van der Waals surface area (Å²) in [6, 6.07) is 13.4. The van der Waals surface area contributed by atoms with Crippen LogP contribution in [0.25, 0.3) is 0 Å². The SMILES string of the molecule is COc1ccc(O[C@H](C)C(=O)N[C@H](C)c2cc(C)ccc2C)cc1. The number of hydrogen-bond acceptors (Lipinski definition) is 3. The molecule has 2 atom stereocenters. The van der Waals surface area contributed by atoms with Crippen LogP contribution in [0.1, 0.15) is 36.6 Å². The fourth-order valence-corrected chi connectivity index (χ4v) is 2.55. The van der Waals surface area contributed by atoms with Crippen molar-refractivity contribution >= 4 is 5.91 Å². The molecule has 4 nitrogen and oxygen atoms in total. The van der Waals surface area contributed by atoms with E-state index in [0.29, 0.717) is 5.75 Å². The first-order chi connectivity index (χ1) is 11.4. The maximum absolute atomic E-state index is 12.4. The van der Waals surface area contributed by atoms with E-state index in [-0.39, 0.29) is 11.9 Å². The second-order valence-corrected chi connectivity index (χ2v) is 6.03. The largest absolute Gasteiger partial charge is 0.497 e. The molecule has 1 amide bonds. The van der Waals surface area contributed by atoms with Crippen molar-refractivity contribution < 1.29 is 14.3 Å². The molecule has 0 spiro atoms. The number of ether oxygens (including phenoxy) is 2. The van der Waals surface area contributed by atoms with E-state index < -0.39 is 6.10 Å². The van der Waals surface area contributed by atoms with Crippen molar-refractivity contribution in [3.05, 3.63) is 59.2 Å². The summed E-state index contributed by atoms with van der Waals surface area (Å²) in [4.78, 5) is 12.4. The van der Waals surface area contributed by atoms with E-state index >= 15 is 0 Å². The number of hydrogen-bond donors (Lipinski definition) is 1. The van der Waals surface area contributed by atoms with Crippen LogP contribution in [0.3, 0.4) is 0 Å². The molecule has 0 heterocycles. The quantitative estimate of drug-likeness (QED) is 0.874. The number of aryl methyl sites for hydroxylation is 2. The van der Waals surface area contributed by atoms with Crippen molar-refractivity contribution in [3.8, 4) is 11.5 Å². The molecular formula is C20H25NO3. The number of carbonyl (C=O) groups is 1. The predicted molar refractivity (Wildman–Crippen MR) is 95.6 cm³/mol. The smallest absolute Gasteiger partial charge is 0.261 e. The van der Waals surface area contributed by atoms with Gasteiger partial charge in [0.05, 0.1) is 13.2 Å². The lowest BCUT2D eigenvalue weighted by Gasteiger charge is -2.20. The molecule has 0 bridgehead atoms. The van der Waals surface area contributed by atoms with Gasteiger partial charge in [-0.1, -0.05) is 23.8 Å². The van der Waals surface area contributed by atoms with Gasteiger partial charge in [-0.3, -0.25) is 4.79 Å². The number of amides is 1. The minimum atomic E-state index is -0.578. The lowest BCUT2D eigenvalue weighted by atomic mass is 10.00. The molecule has 0 fully saturated rings. The van der Waals surface area contributed by atoms with E-state index in [4.69, 9.17) is 9.47 Å². The van der Waals surface area contributed by atoms with Gasteiger partial charge in [-0.25, -0.2) is 0 Å². The normalized spacial score (nSPS) is 13.0. The molecule has 0 aromatic heterocycles. The van der Waals surface area contributed by atoms with Crippen molar-refractivity contribution in [2.45, 2.75) is 39.8 Å². The van der Waals surface area contributed by atoms with Crippen molar-refractivity contribution in [1.29, 1.82) is 0 Å². The highest BCUT2D eigenvalue weighted by molar-refractivity contribution is 5.81. The molecule has 24 heavy (non-hydrogen) atoms. The summed E-state index contributed by atoms with van der Waals surface area (Å²) in [5.74, 6) is 1.25. The Bertz CT molecular complexity index is 695. The van der Waals surface area contributed by atoms with Gasteiger partial charge < -0.3 is 14.8 Å². The van der Waals surface area contributed by atoms with Gasteiger partial charge in [0.2, 0.25) is 0 Å². The maximum atomic E-state index is 12.4. The van der Waals surface area contributed by atoms with E-state index in [0.717, 1.165) is 16.9 Å². The third kappa shape index (κ3) is 4.51. The molecule has 2 rings (SSSR count). The topological polar surface area (TPSA) is 47.6 Å². The lowest BCUT2D eigenvalue weighted by molar-refractivity contribution is -0.127. The zero-order chi connectivity index (χ0) is 17.7. The molecule has 0 aliphatic rings. The first-order valence-electron chi connectivity index (χ1n) is 8.09. The second kappa shape index (κ2) is 7.86. The fourth-order valence-electron chi connectivity index (χ4n) is 2.55. The molecule has 2 aromatic rings. The van der Waals surface area contributed by atoms with Gasteiger partial charge in [-0.05, 0) is 63.1 Å². The van der Waals surface area contributed by atoms with Crippen molar-refractivity contribution in [3.63, 3.8) is 0 Å². The first kappa shape index (κ1) is 17.9. The number of nitrogens with one attached hydrogen (secondary N) is 1. The summed E-state index contributed by atoms with van der Waals surface area (Å²) in [7, 11) is 1.61. The zero-order valence-electron chi connectivity index (χ0n) is 14.9. The summed E-state index contributed by atoms with van der Waals surface area (Å²) in [6.45, 7) is 7.83. The van der Waals surface area contributed by atoms with Crippen molar-refractivity contribution in [1.82, 2.24) is 5.32 Å². The van der Waals surface area contributed by atoms with Gasteiger partial charge in [0.15, 0.2) is 6.10 Å². The van der Waals surface area contributed by atoms with Crippen LogP contribution >= 0.6 is 0 Å². The van der Waals surface area contributed by atoms with Crippen molar-refractivity contribution in [2.24, 2.45) is 0 Å². The Morgan fingerprint density at radius 3 is 2.25 bits per heavy atom. The van der Waals surface area contributed by atoms with Gasteiger partial charge in [-0.2, -0.15) is 0 Å². The monoisotopic (exact) mass is 327 g/mol. The van der Waals surface area contributed by atoms with Crippen LogP contribution in [0.5, 0.6) is 11.5 Å². The van der Waals surface area contributed by atoms with E-state index in [2.05, 4.69) is 30.4 Å². The number of benzene rings is 2. The molecule has 1 N–H and O–H groups in total. The summed E-state index contributed by atoms with van der Waals surface area (Å²) in [5.41, 5.74) is 3.47. The molecular weight excluding hydrogens is 302 g/mol. The second-order valence-electron chi connectivity index (χ2n) is 6.03. The Balaban J connectivity index is 1.98. The van der Waals surface area contributed by atoms with Crippen LogP contribution in [0, 0.1) is 13.8 Å².